The zero-order valence-corrected chi connectivity index (χ0v) is 16.1. The standard InChI is InChI=1S/C16H17N3O6S2/c1-19(11-4-5-27(21,22)8-11)14(20)7-26-16-18-17-15(25-16)10-2-3-12-13(6-10)24-9-23-12/h2-3,6,11H,4-5,7-9H2,1H3/t11-/m1/s1. The van der Waals surface area contributed by atoms with Gasteiger partial charge in [0.25, 0.3) is 5.22 Å². The first-order valence-electron chi connectivity index (χ1n) is 8.24. The molecule has 144 valence electrons. The van der Waals surface area contributed by atoms with Gasteiger partial charge >= 0.3 is 0 Å². The fourth-order valence-electron chi connectivity index (χ4n) is 2.92. The van der Waals surface area contributed by atoms with Crippen LogP contribution in [0.5, 0.6) is 11.5 Å². The number of ether oxygens (including phenoxy) is 2. The van der Waals surface area contributed by atoms with Crippen molar-refractivity contribution in [2.45, 2.75) is 17.7 Å². The normalized spacial score (nSPS) is 20.0. The van der Waals surface area contributed by atoms with E-state index in [1.54, 1.807) is 25.2 Å². The number of hydrogen-bond acceptors (Lipinski definition) is 9. The second-order valence-electron chi connectivity index (χ2n) is 6.29. The van der Waals surface area contributed by atoms with Crippen LogP contribution in [0.25, 0.3) is 11.5 Å². The highest BCUT2D eigenvalue weighted by molar-refractivity contribution is 7.99. The van der Waals surface area contributed by atoms with E-state index in [-0.39, 0.29) is 41.2 Å². The van der Waals surface area contributed by atoms with Gasteiger partial charge < -0.3 is 18.8 Å². The Morgan fingerprint density at radius 2 is 2.11 bits per heavy atom. The van der Waals surface area contributed by atoms with Crippen LogP contribution in [0.3, 0.4) is 0 Å². The van der Waals surface area contributed by atoms with E-state index in [4.69, 9.17) is 13.9 Å². The zero-order valence-electron chi connectivity index (χ0n) is 14.5. The third-order valence-corrected chi connectivity index (χ3v) is 7.05. The summed E-state index contributed by atoms with van der Waals surface area (Å²) in [5.74, 6) is 1.66. The molecule has 3 heterocycles. The lowest BCUT2D eigenvalue weighted by Crippen LogP contribution is -2.38. The van der Waals surface area contributed by atoms with Crippen molar-refractivity contribution in [3.63, 3.8) is 0 Å². The van der Waals surface area contributed by atoms with Crippen molar-refractivity contribution in [1.82, 2.24) is 15.1 Å². The predicted molar refractivity (Wildman–Crippen MR) is 96.4 cm³/mol. The van der Waals surface area contributed by atoms with Gasteiger partial charge in [-0.2, -0.15) is 0 Å². The molecule has 11 heteroatoms. The number of hydrogen-bond donors (Lipinski definition) is 0. The first-order chi connectivity index (χ1) is 12.9. The number of fused-ring (bicyclic) bond motifs is 1. The molecule has 0 unspecified atom stereocenters. The van der Waals surface area contributed by atoms with E-state index >= 15 is 0 Å². The topological polar surface area (TPSA) is 112 Å². The van der Waals surface area contributed by atoms with Gasteiger partial charge in [-0.1, -0.05) is 11.8 Å². The molecule has 2 aromatic rings. The van der Waals surface area contributed by atoms with Crippen molar-refractivity contribution < 1.29 is 27.1 Å². The lowest BCUT2D eigenvalue weighted by molar-refractivity contribution is -0.128. The number of aromatic nitrogens is 2. The third kappa shape index (κ3) is 3.88. The average molecular weight is 411 g/mol. The minimum absolute atomic E-state index is 0.0225. The van der Waals surface area contributed by atoms with Gasteiger partial charge in [-0.3, -0.25) is 4.79 Å². The molecule has 1 fully saturated rings. The van der Waals surface area contributed by atoms with Crippen LogP contribution in [0, 0.1) is 0 Å². The quantitative estimate of drug-likeness (QED) is 0.670. The molecule has 1 amide bonds. The van der Waals surface area contributed by atoms with Crippen LogP contribution < -0.4 is 9.47 Å². The Morgan fingerprint density at radius 1 is 1.30 bits per heavy atom. The first-order valence-corrected chi connectivity index (χ1v) is 11.0. The molecule has 2 aliphatic heterocycles. The lowest BCUT2D eigenvalue weighted by Gasteiger charge is -2.22. The van der Waals surface area contributed by atoms with E-state index < -0.39 is 9.84 Å². The second-order valence-corrected chi connectivity index (χ2v) is 9.45. The number of amides is 1. The highest BCUT2D eigenvalue weighted by Crippen LogP contribution is 2.36. The van der Waals surface area contributed by atoms with Gasteiger partial charge in [-0.15, -0.1) is 10.2 Å². The minimum atomic E-state index is -3.03. The summed E-state index contributed by atoms with van der Waals surface area (Å²) in [7, 11) is -1.41. The van der Waals surface area contributed by atoms with Crippen LogP contribution in [0.4, 0.5) is 0 Å². The van der Waals surface area contributed by atoms with E-state index in [1.807, 2.05) is 0 Å². The molecule has 1 aromatic carbocycles. The lowest BCUT2D eigenvalue weighted by atomic mass is 10.2. The molecule has 1 aromatic heterocycles. The molecule has 0 radical (unpaired) electrons. The molecule has 4 rings (SSSR count). The van der Waals surface area contributed by atoms with Gasteiger partial charge in [0.2, 0.25) is 18.6 Å². The molecule has 0 N–H and O–H groups in total. The highest BCUT2D eigenvalue weighted by Gasteiger charge is 2.32. The van der Waals surface area contributed by atoms with Crippen LogP contribution in [0.2, 0.25) is 0 Å². The van der Waals surface area contributed by atoms with E-state index in [1.165, 1.54) is 4.90 Å². The molecular weight excluding hydrogens is 394 g/mol. The maximum atomic E-state index is 12.3. The summed E-state index contributed by atoms with van der Waals surface area (Å²) in [5.41, 5.74) is 0.693. The Bertz CT molecular complexity index is 974. The van der Waals surface area contributed by atoms with Crippen molar-refractivity contribution in [3.8, 4) is 23.0 Å². The number of carbonyl (C=O) groups excluding carboxylic acids is 1. The van der Waals surface area contributed by atoms with Crippen molar-refractivity contribution in [2.24, 2.45) is 0 Å². The molecule has 1 atom stereocenters. The Labute approximate surface area is 159 Å². The zero-order chi connectivity index (χ0) is 19.0. The van der Waals surface area contributed by atoms with Crippen molar-refractivity contribution in [1.29, 1.82) is 0 Å². The summed E-state index contributed by atoms with van der Waals surface area (Å²) < 4.78 is 39.3. The van der Waals surface area contributed by atoms with Crippen molar-refractivity contribution in [3.05, 3.63) is 18.2 Å². The van der Waals surface area contributed by atoms with Crippen LogP contribution in [0.15, 0.2) is 27.8 Å². The monoisotopic (exact) mass is 411 g/mol. The van der Waals surface area contributed by atoms with Crippen LogP contribution >= 0.6 is 11.8 Å². The largest absolute Gasteiger partial charge is 0.454 e. The van der Waals surface area contributed by atoms with E-state index in [0.29, 0.717) is 29.4 Å². The van der Waals surface area contributed by atoms with Gasteiger partial charge in [0.1, 0.15) is 0 Å². The van der Waals surface area contributed by atoms with Crippen LogP contribution in [0.1, 0.15) is 6.42 Å². The second kappa shape index (κ2) is 7.04. The summed E-state index contributed by atoms with van der Waals surface area (Å²) in [6.07, 6.45) is 0.476. The predicted octanol–water partition coefficient (Wildman–Crippen LogP) is 1.20. The molecule has 0 saturated carbocycles. The number of nitrogens with zero attached hydrogens (tertiary/aromatic N) is 3. The summed E-state index contributed by atoms with van der Waals surface area (Å²) in [6.45, 7) is 0.182. The van der Waals surface area contributed by atoms with Crippen molar-refractivity contribution in [2.75, 3.05) is 31.1 Å². The average Bonchev–Trinajstić information content (AvgIpc) is 3.37. The van der Waals surface area contributed by atoms with Gasteiger partial charge in [0.05, 0.1) is 17.3 Å². The smallest absolute Gasteiger partial charge is 0.277 e. The fraction of sp³-hybridized carbons (Fsp3) is 0.438. The molecule has 27 heavy (non-hydrogen) atoms. The van der Waals surface area contributed by atoms with Crippen LogP contribution in [-0.2, 0) is 14.6 Å². The number of benzene rings is 1. The maximum absolute atomic E-state index is 12.3. The van der Waals surface area contributed by atoms with Crippen molar-refractivity contribution >= 4 is 27.5 Å². The summed E-state index contributed by atoms with van der Waals surface area (Å²) >= 11 is 1.12. The number of sulfone groups is 1. The maximum Gasteiger partial charge on any atom is 0.277 e. The molecule has 0 aliphatic carbocycles. The highest BCUT2D eigenvalue weighted by atomic mass is 32.2. The fourth-order valence-corrected chi connectivity index (χ4v) is 5.39. The number of carbonyl (C=O) groups is 1. The summed E-state index contributed by atoms with van der Waals surface area (Å²) in [6, 6.07) is 5.04. The van der Waals surface area contributed by atoms with Gasteiger partial charge in [-0.05, 0) is 24.6 Å². The SMILES string of the molecule is CN(C(=O)CSc1nnc(-c2ccc3c(c2)OCO3)o1)[C@@H]1CCS(=O)(=O)C1. The Balaban J connectivity index is 1.36. The molecule has 0 bridgehead atoms. The molecule has 2 aliphatic rings. The van der Waals surface area contributed by atoms with E-state index in [0.717, 1.165) is 11.8 Å². The first kappa shape index (κ1) is 18.1. The summed E-state index contributed by atoms with van der Waals surface area (Å²) in [4.78, 5) is 13.8. The molecule has 9 nitrogen and oxygen atoms in total. The number of thioether (sulfide) groups is 1. The van der Waals surface area contributed by atoms with Gasteiger partial charge in [-0.25, -0.2) is 8.42 Å². The Hall–Kier alpha value is -2.27. The minimum Gasteiger partial charge on any atom is -0.454 e. The Morgan fingerprint density at radius 3 is 2.89 bits per heavy atom. The molecule has 0 spiro atoms. The van der Waals surface area contributed by atoms with E-state index in [9.17, 15) is 13.2 Å². The van der Waals surface area contributed by atoms with Crippen LogP contribution in [-0.4, -0.2) is 66.6 Å². The Kier molecular flexibility index (Phi) is 4.72. The molecular formula is C16H17N3O6S2. The van der Waals surface area contributed by atoms with Gasteiger partial charge in [0, 0.05) is 18.7 Å². The summed E-state index contributed by atoms with van der Waals surface area (Å²) in [5, 5.41) is 8.21. The van der Waals surface area contributed by atoms with Gasteiger partial charge in [0.15, 0.2) is 21.3 Å². The third-order valence-electron chi connectivity index (χ3n) is 4.49. The number of rotatable bonds is 5. The molecule has 1 saturated heterocycles. The van der Waals surface area contributed by atoms with E-state index in [2.05, 4.69) is 10.2 Å².